The van der Waals surface area contributed by atoms with Gasteiger partial charge in [-0.25, -0.2) is 4.68 Å². The van der Waals surface area contributed by atoms with E-state index >= 15 is 0 Å². The lowest BCUT2D eigenvalue weighted by molar-refractivity contribution is 0.0926. The fraction of sp³-hybridized carbons (Fsp3) is 0.333. The van der Waals surface area contributed by atoms with E-state index in [-0.39, 0.29) is 18.0 Å². The monoisotopic (exact) mass is 364 g/mol. The summed E-state index contributed by atoms with van der Waals surface area (Å²) in [6.07, 6.45) is 5.48. The third-order valence-corrected chi connectivity index (χ3v) is 5.06. The van der Waals surface area contributed by atoms with Gasteiger partial charge in [-0.2, -0.15) is 5.10 Å². The van der Waals surface area contributed by atoms with Crippen molar-refractivity contribution < 1.29 is 9.21 Å². The molecular formula is C21H24N4O2. The molecule has 0 radical (unpaired) electrons. The van der Waals surface area contributed by atoms with Gasteiger partial charge in [0.2, 0.25) is 0 Å². The summed E-state index contributed by atoms with van der Waals surface area (Å²) in [6, 6.07) is 13.9. The molecule has 1 saturated carbocycles. The second-order valence-electron chi connectivity index (χ2n) is 7.17. The van der Waals surface area contributed by atoms with Crippen LogP contribution in [0, 0.1) is 6.92 Å². The maximum absolute atomic E-state index is 13.0. The number of carbonyl (C=O) groups is 1. The highest BCUT2D eigenvalue weighted by atomic mass is 16.3. The fourth-order valence-electron chi connectivity index (χ4n) is 3.52. The standard InChI is InChI=1S/C21H24N4O2/c1-14-7-12-19(27-14)20-18(13-25(24-20)17-5-3-2-4-6-17)21(26)23-16-10-8-15(22)9-11-16/h2-7,12-13,15-16H,8-11,22H2,1H3,(H,23,26). The van der Waals surface area contributed by atoms with Crippen LogP contribution in [0.15, 0.2) is 53.1 Å². The second kappa shape index (κ2) is 7.40. The first kappa shape index (κ1) is 17.5. The van der Waals surface area contributed by atoms with Crippen molar-refractivity contribution >= 4 is 5.91 Å². The molecule has 0 aliphatic heterocycles. The van der Waals surface area contributed by atoms with Crippen LogP contribution in [0.3, 0.4) is 0 Å². The van der Waals surface area contributed by atoms with Gasteiger partial charge in [-0.3, -0.25) is 4.79 Å². The molecule has 140 valence electrons. The number of furan rings is 1. The molecule has 3 aromatic rings. The number of para-hydroxylation sites is 1. The number of hydrogen-bond acceptors (Lipinski definition) is 4. The van der Waals surface area contributed by atoms with Gasteiger partial charge in [0.1, 0.15) is 11.5 Å². The van der Waals surface area contributed by atoms with Gasteiger partial charge in [-0.15, -0.1) is 0 Å². The zero-order valence-electron chi connectivity index (χ0n) is 15.4. The molecule has 2 aromatic heterocycles. The van der Waals surface area contributed by atoms with Crippen molar-refractivity contribution in [1.82, 2.24) is 15.1 Å². The summed E-state index contributed by atoms with van der Waals surface area (Å²) in [5, 5.41) is 7.78. The van der Waals surface area contributed by atoms with Crippen LogP contribution in [0.4, 0.5) is 0 Å². The average Bonchev–Trinajstić information content (AvgIpc) is 3.31. The summed E-state index contributed by atoms with van der Waals surface area (Å²) in [4.78, 5) is 13.0. The van der Waals surface area contributed by atoms with Crippen LogP contribution in [0.1, 0.15) is 41.8 Å². The molecule has 1 fully saturated rings. The van der Waals surface area contributed by atoms with E-state index in [1.54, 1.807) is 10.9 Å². The molecule has 1 aliphatic rings. The number of nitrogens with one attached hydrogen (secondary N) is 1. The van der Waals surface area contributed by atoms with Crippen molar-refractivity contribution in [2.24, 2.45) is 5.73 Å². The van der Waals surface area contributed by atoms with E-state index in [2.05, 4.69) is 10.4 Å². The van der Waals surface area contributed by atoms with Crippen LogP contribution in [0.25, 0.3) is 17.1 Å². The lowest BCUT2D eigenvalue weighted by Crippen LogP contribution is -2.40. The number of aryl methyl sites for hydroxylation is 1. The number of amides is 1. The van der Waals surface area contributed by atoms with E-state index < -0.39 is 0 Å². The van der Waals surface area contributed by atoms with Crippen LogP contribution in [0.5, 0.6) is 0 Å². The molecular weight excluding hydrogens is 340 g/mol. The van der Waals surface area contributed by atoms with E-state index in [9.17, 15) is 4.79 Å². The Kier molecular flexibility index (Phi) is 4.81. The van der Waals surface area contributed by atoms with E-state index in [1.807, 2.05) is 49.4 Å². The Balaban J connectivity index is 1.65. The van der Waals surface area contributed by atoms with Crippen LogP contribution in [0.2, 0.25) is 0 Å². The molecule has 6 heteroatoms. The number of aromatic nitrogens is 2. The topological polar surface area (TPSA) is 86.1 Å². The predicted molar refractivity (Wildman–Crippen MR) is 104 cm³/mol. The normalized spacial score (nSPS) is 19.8. The molecule has 0 saturated heterocycles. The predicted octanol–water partition coefficient (Wildman–Crippen LogP) is 3.44. The lowest BCUT2D eigenvalue weighted by atomic mass is 9.91. The smallest absolute Gasteiger partial charge is 0.255 e. The molecule has 4 rings (SSSR count). The van der Waals surface area contributed by atoms with Crippen LogP contribution >= 0.6 is 0 Å². The molecule has 1 aromatic carbocycles. The first-order valence-electron chi connectivity index (χ1n) is 9.38. The molecule has 1 amide bonds. The summed E-state index contributed by atoms with van der Waals surface area (Å²) in [6.45, 7) is 1.88. The Hall–Kier alpha value is -2.86. The van der Waals surface area contributed by atoms with Gasteiger partial charge in [0.05, 0.1) is 11.3 Å². The van der Waals surface area contributed by atoms with Gasteiger partial charge in [0.25, 0.3) is 5.91 Å². The van der Waals surface area contributed by atoms with Crippen molar-refractivity contribution in [3.8, 4) is 17.1 Å². The first-order chi connectivity index (χ1) is 13.1. The maximum atomic E-state index is 13.0. The van der Waals surface area contributed by atoms with Crippen molar-refractivity contribution in [1.29, 1.82) is 0 Å². The zero-order chi connectivity index (χ0) is 18.8. The van der Waals surface area contributed by atoms with Crippen molar-refractivity contribution in [3.63, 3.8) is 0 Å². The highest BCUT2D eigenvalue weighted by Gasteiger charge is 2.25. The van der Waals surface area contributed by atoms with Gasteiger partial charge in [0, 0.05) is 18.3 Å². The van der Waals surface area contributed by atoms with Gasteiger partial charge in [-0.1, -0.05) is 18.2 Å². The van der Waals surface area contributed by atoms with Gasteiger partial charge in [-0.05, 0) is 56.9 Å². The van der Waals surface area contributed by atoms with E-state index in [0.29, 0.717) is 17.0 Å². The third kappa shape index (κ3) is 3.80. The van der Waals surface area contributed by atoms with E-state index in [1.165, 1.54) is 0 Å². The van der Waals surface area contributed by atoms with Crippen LogP contribution in [-0.4, -0.2) is 27.8 Å². The Morgan fingerprint density at radius 2 is 1.89 bits per heavy atom. The van der Waals surface area contributed by atoms with Gasteiger partial charge >= 0.3 is 0 Å². The van der Waals surface area contributed by atoms with Crippen molar-refractivity contribution in [2.75, 3.05) is 0 Å². The van der Waals surface area contributed by atoms with E-state index in [4.69, 9.17) is 10.2 Å². The Labute approximate surface area is 158 Å². The quantitative estimate of drug-likeness (QED) is 0.742. The lowest BCUT2D eigenvalue weighted by Gasteiger charge is -2.26. The summed E-state index contributed by atoms with van der Waals surface area (Å²) in [5.41, 5.74) is 7.93. The highest BCUT2D eigenvalue weighted by molar-refractivity contribution is 5.99. The number of nitrogens with two attached hydrogens (primary N) is 1. The number of benzene rings is 1. The minimum atomic E-state index is -0.123. The van der Waals surface area contributed by atoms with Crippen LogP contribution in [-0.2, 0) is 0 Å². The minimum Gasteiger partial charge on any atom is -0.460 e. The molecule has 27 heavy (non-hydrogen) atoms. The number of hydrogen-bond donors (Lipinski definition) is 2. The molecule has 3 N–H and O–H groups in total. The number of nitrogens with zero attached hydrogens (tertiary/aromatic N) is 2. The minimum absolute atomic E-state index is 0.123. The molecule has 0 atom stereocenters. The van der Waals surface area contributed by atoms with Gasteiger partial charge < -0.3 is 15.5 Å². The Morgan fingerprint density at radius 3 is 2.56 bits per heavy atom. The van der Waals surface area contributed by atoms with Gasteiger partial charge in [0.15, 0.2) is 5.76 Å². The maximum Gasteiger partial charge on any atom is 0.255 e. The second-order valence-corrected chi connectivity index (χ2v) is 7.17. The Morgan fingerprint density at radius 1 is 1.15 bits per heavy atom. The third-order valence-electron chi connectivity index (χ3n) is 5.06. The zero-order valence-corrected chi connectivity index (χ0v) is 15.4. The SMILES string of the molecule is Cc1ccc(-c2nn(-c3ccccc3)cc2C(=O)NC2CCC(N)CC2)o1. The molecule has 2 heterocycles. The summed E-state index contributed by atoms with van der Waals surface area (Å²) in [7, 11) is 0. The molecule has 1 aliphatic carbocycles. The first-order valence-corrected chi connectivity index (χ1v) is 9.38. The fourth-order valence-corrected chi connectivity index (χ4v) is 3.52. The summed E-state index contributed by atoms with van der Waals surface area (Å²) in [5.74, 6) is 1.26. The summed E-state index contributed by atoms with van der Waals surface area (Å²) < 4.78 is 7.46. The number of carbonyl (C=O) groups excluding carboxylic acids is 1. The van der Waals surface area contributed by atoms with Crippen molar-refractivity contribution in [2.45, 2.75) is 44.7 Å². The Bertz CT molecular complexity index is 921. The molecule has 0 unspecified atom stereocenters. The summed E-state index contributed by atoms with van der Waals surface area (Å²) >= 11 is 0. The molecule has 0 spiro atoms. The van der Waals surface area contributed by atoms with Crippen LogP contribution < -0.4 is 11.1 Å². The van der Waals surface area contributed by atoms with E-state index in [0.717, 1.165) is 37.1 Å². The molecule has 0 bridgehead atoms. The average molecular weight is 364 g/mol. The largest absolute Gasteiger partial charge is 0.460 e. The molecule has 6 nitrogen and oxygen atoms in total. The van der Waals surface area contributed by atoms with Crippen molar-refractivity contribution in [3.05, 3.63) is 60.0 Å². The highest BCUT2D eigenvalue weighted by Crippen LogP contribution is 2.26. The number of rotatable bonds is 4.